The van der Waals surface area contributed by atoms with Crippen molar-refractivity contribution in [2.75, 3.05) is 13.2 Å². The van der Waals surface area contributed by atoms with Crippen LogP contribution in [0.15, 0.2) is 30.3 Å². The molecule has 2 atom stereocenters. The van der Waals surface area contributed by atoms with Crippen molar-refractivity contribution in [3.05, 3.63) is 35.9 Å². The van der Waals surface area contributed by atoms with Crippen LogP contribution >= 0.6 is 8.60 Å². The van der Waals surface area contributed by atoms with Gasteiger partial charge >= 0.3 is 14.6 Å². The molecule has 1 aromatic rings. The van der Waals surface area contributed by atoms with Crippen molar-refractivity contribution in [2.45, 2.75) is 87.0 Å². The third-order valence-corrected chi connectivity index (χ3v) is 5.15. The van der Waals surface area contributed by atoms with E-state index in [4.69, 9.17) is 13.6 Å². The van der Waals surface area contributed by atoms with Crippen LogP contribution in [0.2, 0.25) is 0 Å². The molecule has 0 aliphatic carbocycles. The van der Waals surface area contributed by atoms with Crippen molar-refractivity contribution in [3.63, 3.8) is 0 Å². The normalized spacial score (nSPS) is 19.0. The summed E-state index contributed by atoms with van der Waals surface area (Å²) in [5, 5.41) is 2.94. The van der Waals surface area contributed by atoms with Crippen LogP contribution in [0.1, 0.15) is 73.8 Å². The van der Waals surface area contributed by atoms with Gasteiger partial charge in [-0.25, -0.2) is 0 Å². The van der Waals surface area contributed by atoms with Gasteiger partial charge in [-0.1, -0.05) is 71.4 Å². The van der Waals surface area contributed by atoms with Gasteiger partial charge in [0.25, 0.3) is 0 Å². The molecule has 1 N–H and O–H groups in total. The van der Waals surface area contributed by atoms with E-state index < -0.39 is 14.7 Å². The molecule has 0 spiro atoms. The number of carbonyl (C=O) groups excluding carboxylic acids is 2. The predicted octanol–water partition coefficient (Wildman–Crippen LogP) is 5.77. The lowest BCUT2D eigenvalue weighted by Gasteiger charge is -2.39. The first-order valence-electron chi connectivity index (χ1n) is 11.4. The number of unbranched alkanes of at least 4 members (excludes halogenated alkanes) is 1. The molecule has 1 fully saturated rings. The first kappa shape index (κ1) is 30.5. The van der Waals surface area contributed by atoms with Gasteiger partial charge in [0.15, 0.2) is 6.10 Å². The highest BCUT2D eigenvalue weighted by molar-refractivity contribution is 7.41. The first-order valence-corrected chi connectivity index (χ1v) is 12.5. The van der Waals surface area contributed by atoms with Crippen LogP contribution in [0.25, 0.3) is 0 Å². The highest BCUT2D eigenvalue weighted by Gasteiger charge is 2.44. The molecular formula is C24H42NO6P. The van der Waals surface area contributed by atoms with Gasteiger partial charge in [-0.2, -0.15) is 0 Å². The van der Waals surface area contributed by atoms with Crippen molar-refractivity contribution in [1.82, 2.24) is 5.32 Å². The molecule has 184 valence electrons. The molecule has 1 heterocycles. The van der Waals surface area contributed by atoms with Gasteiger partial charge in [-0.15, -0.1) is 0 Å². The highest BCUT2D eigenvalue weighted by Crippen LogP contribution is 2.50. The van der Waals surface area contributed by atoms with E-state index in [1.165, 1.54) is 6.92 Å². The Morgan fingerprint density at radius 3 is 2.34 bits per heavy atom. The first-order chi connectivity index (χ1) is 15.2. The molecule has 32 heavy (non-hydrogen) atoms. The Morgan fingerprint density at radius 1 is 1.22 bits per heavy atom. The molecule has 8 heteroatoms. The lowest BCUT2D eigenvalue weighted by atomic mass is 9.87. The minimum atomic E-state index is -1.51. The third-order valence-electron chi connectivity index (χ3n) is 4.09. The van der Waals surface area contributed by atoms with Gasteiger partial charge in [0.05, 0.1) is 19.3 Å². The van der Waals surface area contributed by atoms with Gasteiger partial charge in [0.1, 0.15) is 0 Å². The SMILES string of the molecule is CC.CC(=O)OC(C)C.CCCCNC(=O)C1OP(OCc2ccccc2)OCC1(C)C. The second-order valence-corrected chi connectivity index (χ2v) is 9.21. The Balaban J connectivity index is 0.000000911. The fraction of sp³-hybridized carbons (Fsp3) is 0.667. The number of nitrogens with one attached hydrogen (secondary N) is 1. The number of hydrogen-bond donors (Lipinski definition) is 1. The van der Waals surface area contributed by atoms with Gasteiger partial charge in [0, 0.05) is 18.9 Å². The molecule has 1 saturated heterocycles. The van der Waals surface area contributed by atoms with Crippen LogP contribution in [0.5, 0.6) is 0 Å². The van der Waals surface area contributed by atoms with Crippen LogP contribution < -0.4 is 5.32 Å². The summed E-state index contributed by atoms with van der Waals surface area (Å²) in [5.41, 5.74) is 0.682. The summed E-state index contributed by atoms with van der Waals surface area (Å²) >= 11 is 0. The molecule has 1 aromatic carbocycles. The highest BCUT2D eigenvalue weighted by atomic mass is 31.2. The van der Waals surface area contributed by atoms with E-state index in [1.54, 1.807) is 0 Å². The van der Waals surface area contributed by atoms with E-state index in [1.807, 2.05) is 71.9 Å². The number of ether oxygens (including phenoxy) is 1. The van der Waals surface area contributed by atoms with Crippen LogP contribution in [0.3, 0.4) is 0 Å². The number of rotatable bonds is 8. The van der Waals surface area contributed by atoms with Crippen LogP contribution in [0.4, 0.5) is 0 Å². The summed E-state index contributed by atoms with van der Waals surface area (Å²) < 4.78 is 21.8. The van der Waals surface area contributed by atoms with E-state index in [2.05, 4.69) is 17.0 Å². The second kappa shape index (κ2) is 17.0. The minimum absolute atomic E-state index is 0.0255. The van der Waals surface area contributed by atoms with E-state index >= 15 is 0 Å². The Hall–Kier alpha value is -1.53. The Kier molecular flexibility index (Phi) is 16.2. The molecular weight excluding hydrogens is 429 g/mol. The molecule has 2 rings (SSSR count). The molecule has 0 aromatic heterocycles. The summed E-state index contributed by atoms with van der Waals surface area (Å²) in [5.74, 6) is -0.294. The fourth-order valence-corrected chi connectivity index (χ4v) is 3.98. The standard InChI is InChI=1S/C17H26NO4P.C5H10O2.C2H6/c1-4-5-11-18-16(19)15-17(2,3)13-21-23(22-15)20-12-14-9-7-6-8-10-14;1-4(2)7-5(3)6;1-2/h6-10,15H,4-5,11-13H2,1-3H3,(H,18,19);4H,1-3H3;1-2H3. The number of benzene rings is 1. The molecule has 7 nitrogen and oxygen atoms in total. The van der Waals surface area contributed by atoms with Gasteiger partial charge < -0.3 is 19.1 Å². The molecule has 1 aliphatic heterocycles. The number of amides is 1. The van der Waals surface area contributed by atoms with Crippen molar-refractivity contribution in [1.29, 1.82) is 0 Å². The van der Waals surface area contributed by atoms with Gasteiger partial charge in [-0.3, -0.25) is 14.1 Å². The maximum absolute atomic E-state index is 12.4. The predicted molar refractivity (Wildman–Crippen MR) is 129 cm³/mol. The van der Waals surface area contributed by atoms with Crippen molar-refractivity contribution >= 4 is 20.5 Å². The minimum Gasteiger partial charge on any atom is -0.463 e. The van der Waals surface area contributed by atoms with Crippen molar-refractivity contribution in [3.8, 4) is 0 Å². The molecule has 2 unspecified atom stereocenters. The van der Waals surface area contributed by atoms with Crippen LogP contribution in [0, 0.1) is 5.41 Å². The average molecular weight is 472 g/mol. The second-order valence-electron chi connectivity index (χ2n) is 8.03. The van der Waals surface area contributed by atoms with Gasteiger partial charge in [-0.05, 0) is 25.8 Å². The fourth-order valence-electron chi connectivity index (χ4n) is 2.54. The quantitative estimate of drug-likeness (QED) is 0.294. The topological polar surface area (TPSA) is 83.1 Å². The van der Waals surface area contributed by atoms with E-state index in [0.29, 0.717) is 19.8 Å². The molecule has 1 amide bonds. The van der Waals surface area contributed by atoms with Gasteiger partial charge in [0.2, 0.25) is 5.91 Å². The molecule has 0 saturated carbocycles. The summed E-state index contributed by atoms with van der Waals surface area (Å²) in [6.45, 7) is 16.6. The summed E-state index contributed by atoms with van der Waals surface area (Å²) in [6, 6.07) is 9.85. The number of hydrogen-bond acceptors (Lipinski definition) is 6. The van der Waals surface area contributed by atoms with E-state index in [0.717, 1.165) is 18.4 Å². The zero-order valence-corrected chi connectivity index (χ0v) is 21.9. The maximum atomic E-state index is 12.4. The summed E-state index contributed by atoms with van der Waals surface area (Å²) in [4.78, 5) is 22.4. The third kappa shape index (κ3) is 13.1. The smallest absolute Gasteiger partial charge is 0.333 e. The zero-order valence-electron chi connectivity index (χ0n) is 21.0. The number of esters is 1. The lowest BCUT2D eigenvalue weighted by molar-refractivity contribution is -0.144. The van der Waals surface area contributed by atoms with Crippen LogP contribution in [-0.2, 0) is 34.5 Å². The summed E-state index contributed by atoms with van der Waals surface area (Å²) in [6.07, 6.45) is 1.49. The summed E-state index contributed by atoms with van der Waals surface area (Å²) in [7, 11) is -1.51. The Labute approximate surface area is 195 Å². The number of carbonyl (C=O) groups is 2. The molecule has 1 aliphatic rings. The van der Waals surface area contributed by atoms with E-state index in [-0.39, 0.29) is 23.4 Å². The van der Waals surface area contributed by atoms with E-state index in [9.17, 15) is 9.59 Å². The maximum Gasteiger partial charge on any atom is 0.333 e. The van der Waals surface area contributed by atoms with Crippen LogP contribution in [-0.4, -0.2) is 37.2 Å². The Morgan fingerprint density at radius 2 is 1.84 bits per heavy atom. The van der Waals surface area contributed by atoms with Crippen molar-refractivity contribution < 1.29 is 27.9 Å². The average Bonchev–Trinajstić information content (AvgIpc) is 2.74. The zero-order chi connectivity index (χ0) is 24.6. The largest absolute Gasteiger partial charge is 0.463 e. The monoisotopic (exact) mass is 471 g/mol. The molecule has 0 bridgehead atoms. The Bertz CT molecular complexity index is 639. The lowest BCUT2D eigenvalue weighted by Crippen LogP contribution is -2.49. The van der Waals surface area contributed by atoms with Crippen molar-refractivity contribution in [2.24, 2.45) is 5.41 Å². The molecule has 0 radical (unpaired) electrons.